The van der Waals surface area contributed by atoms with Crippen LogP contribution in [0.5, 0.6) is 0 Å². The minimum atomic E-state index is -0.915. The van der Waals surface area contributed by atoms with Crippen LogP contribution in [0.25, 0.3) is 0 Å². The van der Waals surface area contributed by atoms with Crippen molar-refractivity contribution in [1.82, 2.24) is 5.32 Å². The molecule has 1 aliphatic carbocycles. The molecule has 1 rings (SSSR count). The predicted molar refractivity (Wildman–Crippen MR) is 64.0 cm³/mol. The van der Waals surface area contributed by atoms with Gasteiger partial charge in [-0.2, -0.15) is 0 Å². The molecule has 6 heteroatoms. The van der Waals surface area contributed by atoms with E-state index in [0.717, 1.165) is 12.8 Å². The van der Waals surface area contributed by atoms with Crippen molar-refractivity contribution in [2.24, 2.45) is 11.8 Å². The van der Waals surface area contributed by atoms with Gasteiger partial charge >= 0.3 is 5.97 Å². The fraction of sp³-hybridized carbons (Fsp3) is 0.833. The molecule has 104 valence electrons. The highest BCUT2D eigenvalue weighted by molar-refractivity contribution is 5.85. The highest BCUT2D eigenvalue weighted by Gasteiger charge is 2.36. The lowest BCUT2D eigenvalue weighted by molar-refractivity contribution is -0.149. The van der Waals surface area contributed by atoms with Crippen molar-refractivity contribution in [2.45, 2.75) is 31.7 Å². The standard InChI is InChI=1S/C12H21NO5/c1-18-7-8(6-14)13-11(15)9-4-2-3-5-10(9)12(16)17/h8-10,14H,2-7H2,1H3,(H,13,15)(H,16,17)/t8?,9-,10+/m1/s1. The van der Waals surface area contributed by atoms with E-state index < -0.39 is 23.8 Å². The summed E-state index contributed by atoms with van der Waals surface area (Å²) in [4.78, 5) is 23.1. The minimum Gasteiger partial charge on any atom is -0.481 e. The van der Waals surface area contributed by atoms with E-state index in [-0.39, 0.29) is 19.1 Å². The van der Waals surface area contributed by atoms with E-state index in [2.05, 4.69) is 5.32 Å². The van der Waals surface area contributed by atoms with Crippen molar-refractivity contribution in [2.75, 3.05) is 20.3 Å². The van der Waals surface area contributed by atoms with Crippen molar-refractivity contribution in [3.8, 4) is 0 Å². The quantitative estimate of drug-likeness (QED) is 0.624. The molecule has 0 saturated heterocycles. The summed E-state index contributed by atoms with van der Waals surface area (Å²) in [7, 11) is 1.48. The number of carbonyl (C=O) groups is 2. The third kappa shape index (κ3) is 3.96. The first kappa shape index (κ1) is 14.9. The number of aliphatic hydroxyl groups is 1. The Balaban J connectivity index is 2.59. The van der Waals surface area contributed by atoms with Crippen molar-refractivity contribution < 1.29 is 24.5 Å². The molecule has 1 fully saturated rings. The number of aliphatic hydroxyl groups excluding tert-OH is 1. The zero-order valence-corrected chi connectivity index (χ0v) is 10.6. The van der Waals surface area contributed by atoms with Crippen molar-refractivity contribution in [1.29, 1.82) is 0 Å². The Morgan fingerprint density at radius 2 is 1.94 bits per heavy atom. The first-order chi connectivity index (χ1) is 8.60. The van der Waals surface area contributed by atoms with Crippen molar-refractivity contribution in [3.63, 3.8) is 0 Å². The molecule has 18 heavy (non-hydrogen) atoms. The molecule has 0 spiro atoms. The molecule has 0 radical (unpaired) electrons. The first-order valence-corrected chi connectivity index (χ1v) is 6.23. The number of aliphatic carboxylic acids is 1. The number of nitrogens with one attached hydrogen (secondary N) is 1. The number of carboxylic acid groups (broad SMARTS) is 1. The van der Waals surface area contributed by atoms with Gasteiger partial charge in [0.1, 0.15) is 0 Å². The van der Waals surface area contributed by atoms with Gasteiger partial charge in [0.15, 0.2) is 0 Å². The second kappa shape index (κ2) is 7.33. The van der Waals surface area contributed by atoms with Crippen LogP contribution in [0.3, 0.4) is 0 Å². The van der Waals surface area contributed by atoms with Gasteiger partial charge in [-0.1, -0.05) is 12.8 Å². The highest BCUT2D eigenvalue weighted by Crippen LogP contribution is 2.30. The van der Waals surface area contributed by atoms with Crippen LogP contribution >= 0.6 is 0 Å². The van der Waals surface area contributed by atoms with E-state index in [1.54, 1.807) is 0 Å². The van der Waals surface area contributed by atoms with E-state index in [1.807, 2.05) is 0 Å². The lowest BCUT2D eigenvalue weighted by atomic mass is 9.78. The molecular weight excluding hydrogens is 238 g/mol. The average Bonchev–Trinajstić information content (AvgIpc) is 2.38. The van der Waals surface area contributed by atoms with Gasteiger partial charge in [-0.3, -0.25) is 9.59 Å². The Morgan fingerprint density at radius 3 is 2.44 bits per heavy atom. The first-order valence-electron chi connectivity index (χ1n) is 6.23. The fourth-order valence-electron chi connectivity index (χ4n) is 2.39. The number of methoxy groups -OCH3 is 1. The monoisotopic (exact) mass is 259 g/mol. The molecule has 0 aromatic heterocycles. The molecule has 0 aliphatic heterocycles. The molecule has 6 nitrogen and oxygen atoms in total. The smallest absolute Gasteiger partial charge is 0.307 e. The van der Waals surface area contributed by atoms with Gasteiger partial charge in [0.05, 0.1) is 31.1 Å². The number of amides is 1. The summed E-state index contributed by atoms with van der Waals surface area (Å²) in [5.41, 5.74) is 0. The number of ether oxygens (including phenoxy) is 1. The van der Waals surface area contributed by atoms with Crippen molar-refractivity contribution >= 4 is 11.9 Å². The van der Waals surface area contributed by atoms with Crippen LogP contribution in [-0.4, -0.2) is 48.5 Å². The van der Waals surface area contributed by atoms with Crippen LogP contribution in [0.1, 0.15) is 25.7 Å². The summed E-state index contributed by atoms with van der Waals surface area (Å²) in [5, 5.41) is 20.8. The molecule has 1 unspecified atom stereocenters. The summed E-state index contributed by atoms with van der Waals surface area (Å²) >= 11 is 0. The summed E-state index contributed by atoms with van der Waals surface area (Å²) in [6, 6.07) is -0.473. The van der Waals surface area contributed by atoms with E-state index >= 15 is 0 Å². The maximum atomic E-state index is 12.0. The van der Waals surface area contributed by atoms with Crippen LogP contribution in [0.15, 0.2) is 0 Å². The van der Waals surface area contributed by atoms with Crippen LogP contribution in [0.4, 0.5) is 0 Å². The summed E-state index contributed by atoms with van der Waals surface area (Å²) < 4.78 is 4.87. The zero-order valence-electron chi connectivity index (χ0n) is 10.6. The topological polar surface area (TPSA) is 95.9 Å². The van der Waals surface area contributed by atoms with Crippen LogP contribution in [0.2, 0.25) is 0 Å². The molecule has 3 atom stereocenters. The summed E-state index contributed by atoms with van der Waals surface area (Å²) in [6.07, 6.45) is 2.85. The molecule has 0 heterocycles. The van der Waals surface area contributed by atoms with Crippen LogP contribution in [-0.2, 0) is 14.3 Å². The predicted octanol–water partition coefficient (Wildman–Crippen LogP) is 0.000900. The zero-order chi connectivity index (χ0) is 13.5. The van der Waals surface area contributed by atoms with E-state index in [0.29, 0.717) is 12.8 Å². The van der Waals surface area contributed by atoms with Gasteiger partial charge in [0, 0.05) is 7.11 Å². The van der Waals surface area contributed by atoms with Gasteiger partial charge in [-0.05, 0) is 12.8 Å². The van der Waals surface area contributed by atoms with Gasteiger partial charge in [0.25, 0.3) is 0 Å². The minimum absolute atomic E-state index is 0.215. The third-order valence-corrected chi connectivity index (χ3v) is 3.35. The lowest BCUT2D eigenvalue weighted by Gasteiger charge is -2.28. The number of carbonyl (C=O) groups excluding carboxylic acids is 1. The molecule has 0 aromatic carbocycles. The third-order valence-electron chi connectivity index (χ3n) is 3.35. The van der Waals surface area contributed by atoms with Gasteiger partial charge in [-0.15, -0.1) is 0 Å². The number of hydrogen-bond donors (Lipinski definition) is 3. The molecule has 1 aliphatic rings. The Bertz CT molecular complexity index is 294. The molecule has 0 bridgehead atoms. The number of hydrogen-bond acceptors (Lipinski definition) is 4. The lowest BCUT2D eigenvalue weighted by Crippen LogP contribution is -2.47. The summed E-state index contributed by atoms with van der Waals surface area (Å²) in [5.74, 6) is -2.32. The molecule has 1 saturated carbocycles. The van der Waals surface area contributed by atoms with Gasteiger partial charge in [0.2, 0.25) is 5.91 Å². The highest BCUT2D eigenvalue weighted by atomic mass is 16.5. The van der Waals surface area contributed by atoms with Crippen molar-refractivity contribution in [3.05, 3.63) is 0 Å². The molecular formula is C12H21NO5. The maximum absolute atomic E-state index is 12.0. The van der Waals surface area contributed by atoms with E-state index in [1.165, 1.54) is 7.11 Å². The molecule has 1 amide bonds. The SMILES string of the molecule is COCC(CO)NC(=O)[C@@H]1CCCC[C@@H]1C(=O)O. The Hall–Kier alpha value is -1.14. The van der Waals surface area contributed by atoms with E-state index in [9.17, 15) is 9.59 Å². The maximum Gasteiger partial charge on any atom is 0.307 e. The molecule has 3 N–H and O–H groups in total. The Labute approximate surface area is 106 Å². The van der Waals surface area contributed by atoms with Gasteiger partial charge < -0.3 is 20.3 Å². The summed E-state index contributed by atoms with van der Waals surface area (Å²) in [6.45, 7) is -0.00324. The fourth-order valence-corrected chi connectivity index (χ4v) is 2.39. The second-order valence-corrected chi connectivity index (χ2v) is 4.68. The van der Waals surface area contributed by atoms with Gasteiger partial charge in [-0.25, -0.2) is 0 Å². The molecule has 0 aromatic rings. The van der Waals surface area contributed by atoms with Crippen LogP contribution < -0.4 is 5.32 Å². The van der Waals surface area contributed by atoms with E-state index in [4.69, 9.17) is 14.9 Å². The second-order valence-electron chi connectivity index (χ2n) is 4.68. The normalized spacial score (nSPS) is 25.4. The van der Waals surface area contributed by atoms with Crippen LogP contribution in [0, 0.1) is 11.8 Å². The Morgan fingerprint density at radius 1 is 1.33 bits per heavy atom. The average molecular weight is 259 g/mol. The number of carboxylic acids is 1. The largest absolute Gasteiger partial charge is 0.481 e. The number of rotatable bonds is 6. The Kier molecular flexibility index (Phi) is 6.07.